The first-order valence-corrected chi connectivity index (χ1v) is 12.2. The Morgan fingerprint density at radius 2 is 2.06 bits per heavy atom. The lowest BCUT2D eigenvalue weighted by Gasteiger charge is -2.23. The molecule has 0 saturated carbocycles. The normalized spacial score (nSPS) is 14.6. The molecular formula is C25H31N5O2S. The second-order valence-electron chi connectivity index (χ2n) is 7.99. The van der Waals surface area contributed by atoms with Crippen molar-refractivity contribution in [3.05, 3.63) is 64.4 Å². The van der Waals surface area contributed by atoms with E-state index < -0.39 is 0 Å². The molecule has 0 fully saturated rings. The number of amides is 1. The quantitative estimate of drug-likeness (QED) is 0.488. The zero-order valence-corrected chi connectivity index (χ0v) is 20.2. The van der Waals surface area contributed by atoms with E-state index in [0.717, 1.165) is 36.8 Å². The van der Waals surface area contributed by atoms with Gasteiger partial charge in [0.05, 0.1) is 5.56 Å². The van der Waals surface area contributed by atoms with Gasteiger partial charge in [-0.15, -0.1) is 11.3 Å². The van der Waals surface area contributed by atoms with Crippen molar-refractivity contribution in [2.24, 2.45) is 0 Å². The van der Waals surface area contributed by atoms with Crippen LogP contribution in [0.25, 0.3) is 0 Å². The predicted molar refractivity (Wildman–Crippen MR) is 136 cm³/mol. The van der Waals surface area contributed by atoms with E-state index >= 15 is 0 Å². The first-order chi connectivity index (χ1) is 16.1. The van der Waals surface area contributed by atoms with Gasteiger partial charge in [-0.05, 0) is 56.2 Å². The maximum atomic E-state index is 13.5. The molecule has 1 aliphatic rings. The van der Waals surface area contributed by atoms with Crippen LogP contribution in [0.5, 0.6) is 5.75 Å². The van der Waals surface area contributed by atoms with Crippen LogP contribution in [0, 0.1) is 0 Å². The van der Waals surface area contributed by atoms with Gasteiger partial charge in [0, 0.05) is 49.7 Å². The molecule has 1 aromatic carbocycles. The molecule has 1 atom stereocenters. The number of hydrogen-bond donors (Lipinski definition) is 2. The molecule has 174 valence electrons. The van der Waals surface area contributed by atoms with Crippen LogP contribution in [-0.4, -0.2) is 51.2 Å². The van der Waals surface area contributed by atoms with Gasteiger partial charge in [0.25, 0.3) is 5.91 Å². The SMILES string of the molecule is CCNc1ccc2c(n1)N(C)CCN(c1cccc(O[C@H](CCNC)c3cccs3)c1)C2=O. The van der Waals surface area contributed by atoms with Gasteiger partial charge in [0.1, 0.15) is 23.5 Å². The minimum absolute atomic E-state index is 0.0342. The number of hydrogen-bond acceptors (Lipinski definition) is 7. The lowest BCUT2D eigenvalue weighted by Crippen LogP contribution is -2.33. The highest BCUT2D eigenvalue weighted by Gasteiger charge is 2.27. The zero-order chi connectivity index (χ0) is 23.2. The van der Waals surface area contributed by atoms with E-state index in [1.54, 1.807) is 11.3 Å². The highest BCUT2D eigenvalue weighted by atomic mass is 32.1. The number of carbonyl (C=O) groups excluding carboxylic acids is 1. The molecule has 0 unspecified atom stereocenters. The summed E-state index contributed by atoms with van der Waals surface area (Å²) in [6.07, 6.45) is 0.829. The fraction of sp³-hybridized carbons (Fsp3) is 0.360. The van der Waals surface area contributed by atoms with Crippen LogP contribution >= 0.6 is 11.3 Å². The van der Waals surface area contributed by atoms with Gasteiger partial charge in [0.2, 0.25) is 0 Å². The van der Waals surface area contributed by atoms with Crippen molar-refractivity contribution in [2.45, 2.75) is 19.4 Å². The lowest BCUT2D eigenvalue weighted by molar-refractivity contribution is 0.0990. The topological polar surface area (TPSA) is 69.7 Å². The van der Waals surface area contributed by atoms with Crippen LogP contribution in [0.3, 0.4) is 0 Å². The van der Waals surface area contributed by atoms with Gasteiger partial charge in [0.15, 0.2) is 0 Å². The molecule has 1 aliphatic heterocycles. The molecule has 3 aromatic rings. The van der Waals surface area contributed by atoms with Gasteiger partial charge in [-0.3, -0.25) is 4.79 Å². The smallest absolute Gasteiger partial charge is 0.262 e. The number of nitrogens with one attached hydrogen (secondary N) is 2. The van der Waals surface area contributed by atoms with Crippen molar-refractivity contribution < 1.29 is 9.53 Å². The molecule has 2 N–H and O–H groups in total. The summed E-state index contributed by atoms with van der Waals surface area (Å²) in [5.74, 6) is 2.19. The molecule has 7 nitrogen and oxygen atoms in total. The Morgan fingerprint density at radius 1 is 1.18 bits per heavy atom. The molecule has 0 bridgehead atoms. The molecule has 0 saturated heterocycles. The number of likely N-dealkylation sites (N-methyl/N-ethyl adjacent to an activating group) is 1. The summed E-state index contributed by atoms with van der Waals surface area (Å²) in [4.78, 5) is 23.2. The summed E-state index contributed by atoms with van der Waals surface area (Å²) < 4.78 is 6.39. The number of ether oxygens (including phenoxy) is 1. The first-order valence-electron chi connectivity index (χ1n) is 11.3. The van der Waals surface area contributed by atoms with Crippen molar-refractivity contribution in [3.63, 3.8) is 0 Å². The molecular weight excluding hydrogens is 434 g/mol. The van der Waals surface area contributed by atoms with Gasteiger partial charge in [-0.25, -0.2) is 4.98 Å². The van der Waals surface area contributed by atoms with Gasteiger partial charge >= 0.3 is 0 Å². The summed E-state index contributed by atoms with van der Waals surface area (Å²) in [5, 5.41) is 8.50. The van der Waals surface area contributed by atoms with Crippen LogP contribution < -0.4 is 25.2 Å². The summed E-state index contributed by atoms with van der Waals surface area (Å²) in [6.45, 7) is 4.92. The zero-order valence-electron chi connectivity index (χ0n) is 19.4. The standard InChI is InChI=1S/C25H31N5O2S/c1-4-27-23-11-10-20-24(28-23)29(3)14-15-30(25(20)31)18-7-5-8-19(17-18)32-21(12-13-26-2)22-9-6-16-33-22/h5-11,16-17,21,26H,4,12-15H2,1-3H3,(H,27,28)/t21-/m1/s1. The largest absolute Gasteiger partial charge is 0.485 e. The highest BCUT2D eigenvalue weighted by Crippen LogP contribution is 2.32. The summed E-state index contributed by atoms with van der Waals surface area (Å²) in [5.41, 5.74) is 1.43. The van der Waals surface area contributed by atoms with Crippen molar-refractivity contribution in [2.75, 3.05) is 55.4 Å². The lowest BCUT2D eigenvalue weighted by atomic mass is 10.2. The third kappa shape index (κ3) is 5.29. The maximum absolute atomic E-state index is 13.5. The molecule has 1 amide bonds. The van der Waals surface area contributed by atoms with Crippen molar-refractivity contribution >= 4 is 34.6 Å². The molecule has 2 aromatic heterocycles. The minimum Gasteiger partial charge on any atom is -0.485 e. The van der Waals surface area contributed by atoms with E-state index in [-0.39, 0.29) is 12.0 Å². The van der Waals surface area contributed by atoms with E-state index in [0.29, 0.717) is 24.5 Å². The maximum Gasteiger partial charge on any atom is 0.262 e. The van der Waals surface area contributed by atoms with Gasteiger partial charge < -0.3 is 25.2 Å². The molecule has 3 heterocycles. The van der Waals surface area contributed by atoms with Crippen LogP contribution in [-0.2, 0) is 0 Å². The number of nitrogens with zero attached hydrogens (tertiary/aromatic N) is 3. The Labute approximate surface area is 199 Å². The van der Waals surface area contributed by atoms with Crippen molar-refractivity contribution in [3.8, 4) is 5.75 Å². The molecule has 4 rings (SSSR count). The van der Waals surface area contributed by atoms with E-state index in [9.17, 15) is 4.79 Å². The number of aromatic nitrogens is 1. The molecule has 8 heteroatoms. The minimum atomic E-state index is -0.0490. The third-order valence-electron chi connectivity index (χ3n) is 5.65. The molecule has 0 aliphatic carbocycles. The summed E-state index contributed by atoms with van der Waals surface area (Å²) in [6, 6.07) is 15.7. The molecule has 0 spiro atoms. The predicted octanol–water partition coefficient (Wildman–Crippen LogP) is 4.40. The second kappa shape index (κ2) is 10.7. The Balaban J connectivity index is 1.59. The number of fused-ring (bicyclic) bond motifs is 1. The average molecular weight is 466 g/mol. The number of thiophene rings is 1. The Hall–Kier alpha value is -3.10. The van der Waals surface area contributed by atoms with Crippen molar-refractivity contribution in [1.29, 1.82) is 0 Å². The van der Waals surface area contributed by atoms with Crippen LogP contribution in [0.1, 0.15) is 34.7 Å². The monoisotopic (exact) mass is 465 g/mol. The summed E-state index contributed by atoms with van der Waals surface area (Å²) in [7, 11) is 3.92. The van der Waals surface area contributed by atoms with Crippen molar-refractivity contribution in [1.82, 2.24) is 10.3 Å². The van der Waals surface area contributed by atoms with E-state index in [1.807, 2.05) is 73.3 Å². The fourth-order valence-corrected chi connectivity index (χ4v) is 4.72. The number of anilines is 3. The molecule has 0 radical (unpaired) electrons. The van der Waals surface area contributed by atoms with E-state index in [1.165, 1.54) is 4.88 Å². The summed E-state index contributed by atoms with van der Waals surface area (Å²) >= 11 is 1.70. The number of rotatable bonds is 9. The molecule has 33 heavy (non-hydrogen) atoms. The fourth-order valence-electron chi connectivity index (χ4n) is 3.93. The second-order valence-corrected chi connectivity index (χ2v) is 8.97. The van der Waals surface area contributed by atoms with Gasteiger partial charge in [-0.1, -0.05) is 12.1 Å². The van der Waals surface area contributed by atoms with Crippen LogP contribution in [0.4, 0.5) is 17.3 Å². The Kier molecular flexibility index (Phi) is 7.47. The highest BCUT2D eigenvalue weighted by molar-refractivity contribution is 7.10. The number of pyridine rings is 1. The third-order valence-corrected chi connectivity index (χ3v) is 6.62. The number of carbonyl (C=O) groups is 1. The average Bonchev–Trinajstić information content (AvgIpc) is 3.33. The Morgan fingerprint density at radius 3 is 2.82 bits per heavy atom. The number of benzene rings is 1. The van der Waals surface area contributed by atoms with Crippen LogP contribution in [0.2, 0.25) is 0 Å². The van der Waals surface area contributed by atoms with Crippen LogP contribution in [0.15, 0.2) is 53.9 Å². The van der Waals surface area contributed by atoms with Gasteiger partial charge in [-0.2, -0.15) is 0 Å². The van der Waals surface area contributed by atoms with E-state index in [4.69, 9.17) is 4.74 Å². The Bertz CT molecular complexity index is 1070. The first kappa shape index (κ1) is 23.1. The van der Waals surface area contributed by atoms with E-state index in [2.05, 4.69) is 27.1 Å².